The van der Waals surface area contributed by atoms with Crippen LogP contribution in [0, 0.1) is 0 Å². The lowest BCUT2D eigenvalue weighted by atomic mass is 10.1. The highest BCUT2D eigenvalue weighted by molar-refractivity contribution is 7.99. The van der Waals surface area contributed by atoms with Gasteiger partial charge in [0.1, 0.15) is 12.0 Å². The summed E-state index contributed by atoms with van der Waals surface area (Å²) in [6.07, 6.45) is 3.36. The summed E-state index contributed by atoms with van der Waals surface area (Å²) in [5.41, 5.74) is 9.24. The third kappa shape index (κ3) is 4.04. The highest BCUT2D eigenvalue weighted by atomic mass is 32.2. The summed E-state index contributed by atoms with van der Waals surface area (Å²) in [4.78, 5) is 13.0. The van der Waals surface area contributed by atoms with Crippen molar-refractivity contribution in [1.29, 1.82) is 0 Å². The average Bonchev–Trinajstić information content (AvgIpc) is 3.38. The monoisotopic (exact) mass is 405 g/mol. The van der Waals surface area contributed by atoms with Crippen molar-refractivity contribution in [3.05, 3.63) is 72.2 Å². The third-order valence-electron chi connectivity index (χ3n) is 4.46. The molecule has 2 heterocycles. The number of benzene rings is 2. The van der Waals surface area contributed by atoms with Crippen LogP contribution in [0.15, 0.2) is 66.2 Å². The number of thioether (sulfide) groups is 1. The second-order valence-electron chi connectivity index (χ2n) is 6.54. The molecule has 2 N–H and O–H groups in total. The molecule has 0 aliphatic rings. The molecule has 29 heavy (non-hydrogen) atoms. The normalized spacial score (nSPS) is 12.1. The van der Waals surface area contributed by atoms with Crippen LogP contribution in [0.2, 0.25) is 0 Å². The molecule has 0 saturated heterocycles. The number of hydrogen-bond donors (Lipinski definition) is 1. The first-order valence-corrected chi connectivity index (χ1v) is 9.83. The molecule has 4 aromatic rings. The van der Waals surface area contributed by atoms with E-state index in [1.807, 2.05) is 29.8 Å². The molecule has 0 aliphatic heterocycles. The quantitative estimate of drug-likeness (QED) is 0.495. The Labute approximate surface area is 171 Å². The molecule has 0 spiro atoms. The molecule has 4 rings (SSSR count). The minimum atomic E-state index is -0.471. The van der Waals surface area contributed by atoms with Crippen LogP contribution in [0.3, 0.4) is 0 Å². The number of nitrogens with zero attached hydrogens (tertiary/aromatic N) is 6. The number of aryl methyl sites for hydroxylation is 1. The van der Waals surface area contributed by atoms with E-state index in [-0.39, 0.29) is 5.25 Å². The fourth-order valence-corrected chi connectivity index (χ4v) is 3.77. The first-order chi connectivity index (χ1) is 14.0. The predicted molar refractivity (Wildman–Crippen MR) is 111 cm³/mol. The van der Waals surface area contributed by atoms with E-state index >= 15 is 0 Å². The number of carbonyl (C=O) groups is 1. The molecule has 2 aromatic heterocycles. The number of carbonyl (C=O) groups excluding carboxylic acids is 1. The van der Waals surface area contributed by atoms with Crippen LogP contribution in [0.25, 0.3) is 16.9 Å². The van der Waals surface area contributed by atoms with Crippen LogP contribution < -0.4 is 5.73 Å². The molecule has 0 aliphatic carbocycles. The number of nitrogens with two attached hydrogens (primary N) is 1. The maximum Gasteiger partial charge on any atom is 0.248 e. The van der Waals surface area contributed by atoms with Gasteiger partial charge in [-0.25, -0.2) is 0 Å². The van der Waals surface area contributed by atoms with Gasteiger partial charge in [0.15, 0.2) is 5.16 Å². The minimum absolute atomic E-state index is 0.181. The summed E-state index contributed by atoms with van der Waals surface area (Å²) in [6.45, 7) is 2.12. The van der Waals surface area contributed by atoms with E-state index in [0.29, 0.717) is 11.3 Å². The van der Waals surface area contributed by atoms with E-state index < -0.39 is 5.91 Å². The van der Waals surface area contributed by atoms with E-state index in [4.69, 9.17) is 5.73 Å². The highest BCUT2D eigenvalue weighted by Gasteiger charge is 2.13. The SMILES string of the molecule is CC(Sc1nncn1C)c1cccc(-n2ncc(-c3cccc(C(N)=O)c3)n2)c1. The van der Waals surface area contributed by atoms with E-state index in [1.54, 1.807) is 47.3 Å². The van der Waals surface area contributed by atoms with Crippen LogP contribution in [-0.2, 0) is 7.05 Å². The summed E-state index contributed by atoms with van der Waals surface area (Å²) in [6, 6.07) is 15.1. The van der Waals surface area contributed by atoms with Crippen molar-refractivity contribution in [3.63, 3.8) is 0 Å². The van der Waals surface area contributed by atoms with Crippen molar-refractivity contribution >= 4 is 17.7 Å². The van der Waals surface area contributed by atoms with Crippen LogP contribution in [0.5, 0.6) is 0 Å². The van der Waals surface area contributed by atoms with Gasteiger partial charge in [-0.1, -0.05) is 36.0 Å². The van der Waals surface area contributed by atoms with Gasteiger partial charge in [-0.15, -0.1) is 15.3 Å². The zero-order chi connectivity index (χ0) is 20.4. The largest absolute Gasteiger partial charge is 0.366 e. The van der Waals surface area contributed by atoms with Gasteiger partial charge in [0, 0.05) is 23.4 Å². The van der Waals surface area contributed by atoms with Crippen molar-refractivity contribution in [1.82, 2.24) is 29.8 Å². The fourth-order valence-electron chi connectivity index (χ4n) is 2.86. The number of aromatic nitrogens is 6. The second kappa shape index (κ2) is 7.88. The Kier molecular flexibility index (Phi) is 5.13. The molecule has 2 aromatic carbocycles. The lowest BCUT2D eigenvalue weighted by Crippen LogP contribution is -2.10. The summed E-state index contributed by atoms with van der Waals surface area (Å²) in [5.74, 6) is -0.471. The lowest BCUT2D eigenvalue weighted by molar-refractivity contribution is 0.100. The smallest absolute Gasteiger partial charge is 0.248 e. The van der Waals surface area contributed by atoms with Gasteiger partial charge in [0.25, 0.3) is 0 Å². The number of amides is 1. The zero-order valence-electron chi connectivity index (χ0n) is 15.9. The molecular weight excluding hydrogens is 386 g/mol. The molecule has 146 valence electrons. The van der Waals surface area contributed by atoms with Crippen molar-refractivity contribution < 1.29 is 4.79 Å². The first kappa shape index (κ1) is 18.9. The third-order valence-corrected chi connectivity index (χ3v) is 5.66. The Morgan fingerprint density at radius 2 is 2.00 bits per heavy atom. The summed E-state index contributed by atoms with van der Waals surface area (Å²) in [7, 11) is 1.92. The maximum atomic E-state index is 11.4. The Hall–Kier alpha value is -3.46. The Balaban J connectivity index is 1.58. The fraction of sp³-hybridized carbons (Fsp3) is 0.150. The molecule has 0 radical (unpaired) electrons. The van der Waals surface area contributed by atoms with Gasteiger partial charge in [-0.3, -0.25) is 4.79 Å². The highest BCUT2D eigenvalue weighted by Crippen LogP contribution is 2.33. The Morgan fingerprint density at radius 1 is 1.17 bits per heavy atom. The molecular formula is C20H19N7OS. The van der Waals surface area contributed by atoms with E-state index in [0.717, 1.165) is 22.0 Å². The zero-order valence-corrected chi connectivity index (χ0v) is 16.7. The van der Waals surface area contributed by atoms with Crippen molar-refractivity contribution in [3.8, 4) is 16.9 Å². The molecule has 1 atom stereocenters. The van der Waals surface area contributed by atoms with Crippen molar-refractivity contribution in [2.24, 2.45) is 12.8 Å². The van der Waals surface area contributed by atoms with E-state index in [1.165, 1.54) is 0 Å². The van der Waals surface area contributed by atoms with Gasteiger partial charge >= 0.3 is 0 Å². The molecule has 1 unspecified atom stereocenters. The molecule has 0 fully saturated rings. The van der Waals surface area contributed by atoms with Crippen LogP contribution in [0.1, 0.15) is 28.1 Å². The van der Waals surface area contributed by atoms with Gasteiger partial charge in [-0.05, 0) is 36.8 Å². The van der Waals surface area contributed by atoms with E-state index in [9.17, 15) is 4.79 Å². The van der Waals surface area contributed by atoms with Crippen LogP contribution in [0.4, 0.5) is 0 Å². The number of primary amides is 1. The number of rotatable bonds is 6. The minimum Gasteiger partial charge on any atom is -0.366 e. The molecule has 0 saturated carbocycles. The topological polar surface area (TPSA) is 105 Å². The summed E-state index contributed by atoms with van der Waals surface area (Å²) >= 11 is 1.64. The molecule has 9 heteroatoms. The standard InChI is InChI=1S/C20H19N7OS/c1-13(29-20-24-22-12-26(20)2)14-5-4-8-17(10-14)27-23-11-18(25-27)15-6-3-7-16(9-15)19(21)28/h3-13H,1-2H3,(H2,21,28). The first-order valence-electron chi connectivity index (χ1n) is 8.95. The molecule has 8 nitrogen and oxygen atoms in total. The van der Waals surface area contributed by atoms with Gasteiger partial charge in [-0.2, -0.15) is 9.90 Å². The Bertz CT molecular complexity index is 1170. The predicted octanol–water partition coefficient (Wildman–Crippen LogP) is 3.01. The van der Waals surface area contributed by atoms with Crippen molar-refractivity contribution in [2.45, 2.75) is 17.3 Å². The van der Waals surface area contributed by atoms with E-state index in [2.05, 4.69) is 39.5 Å². The summed E-state index contributed by atoms with van der Waals surface area (Å²) in [5, 5.41) is 18.0. The van der Waals surface area contributed by atoms with Gasteiger partial charge in [0.05, 0.1) is 11.9 Å². The number of hydrogen-bond acceptors (Lipinski definition) is 6. The van der Waals surface area contributed by atoms with Gasteiger partial charge in [0.2, 0.25) is 5.91 Å². The van der Waals surface area contributed by atoms with Crippen LogP contribution in [-0.4, -0.2) is 35.7 Å². The molecule has 0 bridgehead atoms. The lowest BCUT2D eigenvalue weighted by Gasteiger charge is -2.12. The molecule has 1 amide bonds. The average molecular weight is 405 g/mol. The summed E-state index contributed by atoms with van der Waals surface area (Å²) < 4.78 is 1.90. The van der Waals surface area contributed by atoms with Gasteiger partial charge < -0.3 is 10.3 Å². The van der Waals surface area contributed by atoms with Crippen molar-refractivity contribution in [2.75, 3.05) is 0 Å². The second-order valence-corrected chi connectivity index (χ2v) is 7.85. The Morgan fingerprint density at radius 3 is 2.76 bits per heavy atom. The maximum absolute atomic E-state index is 11.4. The van der Waals surface area contributed by atoms with Crippen LogP contribution >= 0.6 is 11.8 Å².